The molecule has 1 aliphatic heterocycles. The molecule has 1 aromatic heterocycles. The summed E-state index contributed by atoms with van der Waals surface area (Å²) in [6.45, 7) is 0. The molecule has 0 saturated carbocycles. The minimum atomic E-state index is -0.537. The van der Waals surface area contributed by atoms with E-state index in [-0.39, 0.29) is 34.5 Å². The van der Waals surface area contributed by atoms with Crippen molar-refractivity contribution in [2.24, 2.45) is 0 Å². The van der Waals surface area contributed by atoms with E-state index in [1.54, 1.807) is 49.6 Å². The first kappa shape index (κ1) is 21.9. The highest BCUT2D eigenvalue weighted by molar-refractivity contribution is 6.30. The standard InChI is InChI=1S/C26H19ClO7/c1-31-15-7-8-16(20(9-15)32-2)17-10-22(29)34-21-11-19(28)24-25(30)18(12-33-26(24)23(17)21)13-3-5-14(27)6-4-13/h3-9,11-12,17,28H,10H2,1-2H3/t17-/m1/s1. The molecule has 0 aliphatic carbocycles. The second-order valence-electron chi connectivity index (χ2n) is 7.84. The van der Waals surface area contributed by atoms with Crippen LogP contribution in [0.15, 0.2) is 64.0 Å². The van der Waals surface area contributed by atoms with E-state index in [0.717, 1.165) is 0 Å². The van der Waals surface area contributed by atoms with E-state index >= 15 is 0 Å². The van der Waals surface area contributed by atoms with Gasteiger partial charge >= 0.3 is 5.97 Å². The summed E-state index contributed by atoms with van der Waals surface area (Å²) in [6, 6.07) is 13.3. The van der Waals surface area contributed by atoms with Crippen LogP contribution in [0.5, 0.6) is 23.0 Å². The zero-order valence-electron chi connectivity index (χ0n) is 18.3. The molecule has 2 heterocycles. The molecule has 4 aromatic rings. The number of benzene rings is 3. The van der Waals surface area contributed by atoms with Gasteiger partial charge in [0.15, 0.2) is 0 Å². The van der Waals surface area contributed by atoms with Crippen molar-refractivity contribution in [3.8, 4) is 34.1 Å². The topological polar surface area (TPSA) is 95.2 Å². The summed E-state index contributed by atoms with van der Waals surface area (Å²) in [5, 5.41) is 11.3. The van der Waals surface area contributed by atoms with Gasteiger partial charge in [-0.3, -0.25) is 9.59 Å². The minimum absolute atomic E-state index is 0.00151. The molecule has 34 heavy (non-hydrogen) atoms. The Labute approximate surface area is 199 Å². The number of methoxy groups -OCH3 is 2. The number of carbonyl (C=O) groups is 1. The van der Waals surface area contributed by atoms with Crippen LogP contribution in [0.4, 0.5) is 0 Å². The molecule has 172 valence electrons. The number of ether oxygens (including phenoxy) is 3. The zero-order chi connectivity index (χ0) is 24.0. The summed E-state index contributed by atoms with van der Waals surface area (Å²) < 4.78 is 22.2. The van der Waals surface area contributed by atoms with Crippen LogP contribution < -0.4 is 19.6 Å². The third kappa shape index (κ3) is 3.54. The minimum Gasteiger partial charge on any atom is -0.507 e. The third-order valence-electron chi connectivity index (χ3n) is 5.94. The second kappa shape index (κ2) is 8.43. The van der Waals surface area contributed by atoms with E-state index in [1.807, 2.05) is 0 Å². The van der Waals surface area contributed by atoms with Crippen molar-refractivity contribution in [3.63, 3.8) is 0 Å². The Kier molecular flexibility index (Phi) is 5.42. The molecule has 0 spiro atoms. The number of hydrogen-bond acceptors (Lipinski definition) is 7. The molecule has 1 N–H and O–H groups in total. The quantitative estimate of drug-likeness (QED) is 0.315. The molecule has 3 aromatic carbocycles. The van der Waals surface area contributed by atoms with Crippen LogP contribution in [-0.2, 0) is 4.79 Å². The van der Waals surface area contributed by atoms with E-state index in [0.29, 0.717) is 33.2 Å². The summed E-state index contributed by atoms with van der Waals surface area (Å²) in [6.07, 6.45) is 1.34. The predicted octanol–water partition coefficient (Wildman–Crippen LogP) is 5.28. The number of hydrogen-bond donors (Lipinski definition) is 1. The van der Waals surface area contributed by atoms with Gasteiger partial charge in [-0.1, -0.05) is 29.8 Å². The van der Waals surface area contributed by atoms with Crippen LogP contribution in [0.1, 0.15) is 23.5 Å². The summed E-state index contributed by atoms with van der Waals surface area (Å²) in [5.41, 5.74) is 1.77. The van der Waals surface area contributed by atoms with Gasteiger partial charge in [0.1, 0.15) is 40.2 Å². The molecule has 0 amide bonds. The number of esters is 1. The van der Waals surface area contributed by atoms with Crippen molar-refractivity contribution in [2.75, 3.05) is 14.2 Å². The highest BCUT2D eigenvalue weighted by Gasteiger charge is 2.35. The van der Waals surface area contributed by atoms with Crippen molar-refractivity contribution in [1.82, 2.24) is 0 Å². The van der Waals surface area contributed by atoms with Crippen molar-refractivity contribution in [3.05, 3.63) is 81.2 Å². The molecule has 0 fully saturated rings. The summed E-state index contributed by atoms with van der Waals surface area (Å²) >= 11 is 5.97. The molecule has 0 radical (unpaired) electrons. The molecule has 0 saturated heterocycles. The predicted molar refractivity (Wildman–Crippen MR) is 126 cm³/mol. The fourth-order valence-corrected chi connectivity index (χ4v) is 4.46. The maximum Gasteiger partial charge on any atom is 0.312 e. The summed E-state index contributed by atoms with van der Waals surface area (Å²) in [4.78, 5) is 25.9. The Bertz CT molecular complexity index is 1490. The van der Waals surface area contributed by atoms with Gasteiger partial charge in [0.05, 0.1) is 26.2 Å². The Hall–Kier alpha value is -3.97. The number of phenols is 1. The zero-order valence-corrected chi connectivity index (χ0v) is 19.0. The SMILES string of the molecule is COc1ccc([C@H]2CC(=O)Oc3cc(O)c4c(=O)c(-c5ccc(Cl)cc5)coc4c32)c(OC)c1. The molecule has 8 heteroatoms. The number of halogens is 1. The molecular formula is C26H19ClO7. The van der Waals surface area contributed by atoms with E-state index < -0.39 is 17.3 Å². The van der Waals surface area contributed by atoms with Gasteiger partial charge in [-0.05, 0) is 23.8 Å². The molecule has 0 unspecified atom stereocenters. The van der Waals surface area contributed by atoms with Gasteiger partial charge in [-0.25, -0.2) is 0 Å². The first-order chi connectivity index (χ1) is 16.4. The van der Waals surface area contributed by atoms with Crippen LogP contribution in [0.25, 0.3) is 22.1 Å². The maximum absolute atomic E-state index is 13.4. The first-order valence-electron chi connectivity index (χ1n) is 10.4. The fraction of sp³-hybridized carbons (Fsp3) is 0.154. The lowest BCUT2D eigenvalue weighted by Crippen LogP contribution is -2.22. The number of phenolic OH excluding ortho intramolecular Hbond substituents is 1. The highest BCUT2D eigenvalue weighted by Crippen LogP contribution is 2.48. The molecule has 1 atom stereocenters. The third-order valence-corrected chi connectivity index (χ3v) is 6.19. The second-order valence-corrected chi connectivity index (χ2v) is 8.27. The lowest BCUT2D eigenvalue weighted by atomic mass is 9.84. The molecular weight excluding hydrogens is 460 g/mol. The monoisotopic (exact) mass is 478 g/mol. The normalized spacial score (nSPS) is 15.0. The van der Waals surface area contributed by atoms with Gasteiger partial charge in [0, 0.05) is 34.2 Å². The lowest BCUT2D eigenvalue weighted by Gasteiger charge is -2.27. The molecule has 1 aliphatic rings. The van der Waals surface area contributed by atoms with Crippen LogP contribution in [-0.4, -0.2) is 25.3 Å². The Morgan fingerprint density at radius 3 is 2.50 bits per heavy atom. The number of rotatable bonds is 4. The maximum atomic E-state index is 13.4. The molecule has 0 bridgehead atoms. The van der Waals surface area contributed by atoms with Crippen molar-refractivity contribution in [2.45, 2.75) is 12.3 Å². The first-order valence-corrected chi connectivity index (χ1v) is 10.8. The highest BCUT2D eigenvalue weighted by atomic mass is 35.5. The van der Waals surface area contributed by atoms with Crippen molar-refractivity contribution < 1.29 is 28.5 Å². The van der Waals surface area contributed by atoms with Gasteiger partial charge in [-0.2, -0.15) is 0 Å². The Balaban J connectivity index is 1.77. The van der Waals surface area contributed by atoms with Crippen LogP contribution in [0, 0.1) is 0 Å². The van der Waals surface area contributed by atoms with Gasteiger partial charge < -0.3 is 23.7 Å². The molecule has 5 rings (SSSR count). The number of carbonyl (C=O) groups excluding carboxylic acids is 1. The summed E-state index contributed by atoms with van der Waals surface area (Å²) in [7, 11) is 3.07. The fourth-order valence-electron chi connectivity index (χ4n) is 4.33. The van der Waals surface area contributed by atoms with Crippen LogP contribution >= 0.6 is 11.6 Å². The van der Waals surface area contributed by atoms with Crippen LogP contribution in [0.3, 0.4) is 0 Å². The Morgan fingerprint density at radius 1 is 1.03 bits per heavy atom. The summed E-state index contributed by atoms with van der Waals surface area (Å²) in [5.74, 6) is -0.126. The number of fused-ring (bicyclic) bond motifs is 3. The average Bonchev–Trinajstić information content (AvgIpc) is 2.83. The van der Waals surface area contributed by atoms with Crippen molar-refractivity contribution in [1.29, 1.82) is 0 Å². The van der Waals surface area contributed by atoms with Crippen molar-refractivity contribution >= 4 is 28.5 Å². The van der Waals surface area contributed by atoms with Gasteiger partial charge in [0.2, 0.25) is 5.43 Å². The van der Waals surface area contributed by atoms with Gasteiger partial charge in [0.25, 0.3) is 0 Å². The van der Waals surface area contributed by atoms with E-state index in [2.05, 4.69) is 0 Å². The largest absolute Gasteiger partial charge is 0.507 e. The van der Waals surface area contributed by atoms with E-state index in [9.17, 15) is 14.7 Å². The van der Waals surface area contributed by atoms with E-state index in [4.69, 9.17) is 30.2 Å². The molecule has 7 nitrogen and oxygen atoms in total. The Morgan fingerprint density at radius 2 is 1.79 bits per heavy atom. The smallest absolute Gasteiger partial charge is 0.312 e. The van der Waals surface area contributed by atoms with Gasteiger partial charge in [-0.15, -0.1) is 0 Å². The van der Waals surface area contributed by atoms with E-state index in [1.165, 1.54) is 19.4 Å². The lowest BCUT2D eigenvalue weighted by molar-refractivity contribution is -0.135. The van der Waals surface area contributed by atoms with Crippen LogP contribution in [0.2, 0.25) is 5.02 Å². The number of aromatic hydroxyl groups is 1. The average molecular weight is 479 g/mol.